The lowest BCUT2D eigenvalue weighted by Crippen LogP contribution is -2.52. The third kappa shape index (κ3) is 1.87. The molecular formula is C11H18FNO2. The molecule has 0 aliphatic heterocycles. The second-order valence-electron chi connectivity index (χ2n) is 4.85. The second kappa shape index (κ2) is 4.08. The number of halogens is 1. The van der Waals surface area contributed by atoms with Crippen LogP contribution in [0.25, 0.3) is 0 Å². The number of amides is 1. The van der Waals surface area contributed by atoms with E-state index in [4.69, 9.17) is 0 Å². The lowest BCUT2D eigenvalue weighted by atomic mass is 9.69. The van der Waals surface area contributed by atoms with Gasteiger partial charge in [0.1, 0.15) is 6.67 Å². The molecule has 2 atom stereocenters. The molecule has 0 saturated heterocycles. The van der Waals surface area contributed by atoms with Gasteiger partial charge in [0, 0.05) is 0 Å². The van der Waals surface area contributed by atoms with Crippen LogP contribution in [0.15, 0.2) is 0 Å². The number of hydrogen-bond acceptors (Lipinski definition) is 2. The Labute approximate surface area is 89.0 Å². The average Bonchev–Trinajstić information content (AvgIpc) is 2.51. The van der Waals surface area contributed by atoms with Gasteiger partial charge in [0.15, 0.2) is 0 Å². The van der Waals surface area contributed by atoms with E-state index in [0.717, 1.165) is 25.7 Å². The fourth-order valence-electron chi connectivity index (χ4n) is 2.46. The van der Waals surface area contributed by atoms with Gasteiger partial charge in [0.05, 0.1) is 17.6 Å². The molecular weight excluding hydrogens is 197 g/mol. The summed E-state index contributed by atoms with van der Waals surface area (Å²) in [6.07, 6.45) is 4.30. The minimum Gasteiger partial charge on any atom is -0.391 e. The Balaban J connectivity index is 1.91. The number of hydrogen-bond donors (Lipinski definition) is 2. The summed E-state index contributed by atoms with van der Waals surface area (Å²) in [7, 11) is 0. The van der Waals surface area contributed by atoms with Crippen LogP contribution in [0.5, 0.6) is 0 Å². The fraction of sp³-hybridized carbons (Fsp3) is 0.909. The lowest BCUT2D eigenvalue weighted by molar-refractivity contribution is -0.138. The maximum atomic E-state index is 12.8. The molecule has 4 heteroatoms. The van der Waals surface area contributed by atoms with Gasteiger partial charge in [-0.05, 0) is 32.1 Å². The first kappa shape index (κ1) is 10.9. The second-order valence-corrected chi connectivity index (χ2v) is 4.85. The average molecular weight is 215 g/mol. The number of carbonyl (C=O) groups excluding carboxylic acids is 1. The van der Waals surface area contributed by atoms with E-state index >= 15 is 0 Å². The summed E-state index contributed by atoms with van der Waals surface area (Å²) in [6.45, 7) is -0.568. The Morgan fingerprint density at radius 2 is 2.13 bits per heavy atom. The first-order valence-electron chi connectivity index (χ1n) is 5.73. The molecule has 0 aromatic carbocycles. The molecule has 0 unspecified atom stereocenters. The molecule has 2 saturated carbocycles. The van der Waals surface area contributed by atoms with Crippen molar-refractivity contribution in [3.63, 3.8) is 0 Å². The largest absolute Gasteiger partial charge is 0.391 e. The smallest absolute Gasteiger partial charge is 0.229 e. The molecule has 1 amide bonds. The highest BCUT2D eigenvalue weighted by molar-refractivity contribution is 5.84. The Morgan fingerprint density at radius 3 is 2.53 bits per heavy atom. The van der Waals surface area contributed by atoms with E-state index in [2.05, 4.69) is 5.32 Å². The Kier molecular flexibility index (Phi) is 2.96. The fourth-order valence-corrected chi connectivity index (χ4v) is 2.46. The van der Waals surface area contributed by atoms with Crippen molar-refractivity contribution in [3.05, 3.63) is 0 Å². The van der Waals surface area contributed by atoms with Gasteiger partial charge in [-0.15, -0.1) is 0 Å². The van der Waals surface area contributed by atoms with Crippen molar-refractivity contribution in [3.8, 4) is 0 Å². The van der Waals surface area contributed by atoms with Crippen LogP contribution in [0.1, 0.15) is 38.5 Å². The van der Waals surface area contributed by atoms with Crippen LogP contribution >= 0.6 is 0 Å². The molecule has 86 valence electrons. The minimum absolute atomic E-state index is 0.151. The minimum atomic E-state index is -0.762. The van der Waals surface area contributed by atoms with Crippen LogP contribution in [0.3, 0.4) is 0 Å². The zero-order valence-corrected chi connectivity index (χ0v) is 8.84. The topological polar surface area (TPSA) is 49.3 Å². The maximum Gasteiger partial charge on any atom is 0.229 e. The van der Waals surface area contributed by atoms with Crippen LogP contribution in [0, 0.1) is 5.41 Å². The van der Waals surface area contributed by atoms with Crippen molar-refractivity contribution in [2.45, 2.75) is 50.7 Å². The molecule has 0 bridgehead atoms. The quantitative estimate of drug-likeness (QED) is 0.742. The highest BCUT2D eigenvalue weighted by atomic mass is 19.1. The molecule has 15 heavy (non-hydrogen) atoms. The zero-order valence-electron chi connectivity index (χ0n) is 8.84. The molecule has 2 aliphatic rings. The van der Waals surface area contributed by atoms with E-state index in [1.54, 1.807) is 0 Å². The third-order valence-electron chi connectivity index (χ3n) is 3.84. The van der Waals surface area contributed by atoms with Gasteiger partial charge in [0.25, 0.3) is 0 Å². The van der Waals surface area contributed by atoms with Gasteiger partial charge in [-0.1, -0.05) is 6.42 Å². The van der Waals surface area contributed by atoms with Crippen LogP contribution in [-0.2, 0) is 4.79 Å². The van der Waals surface area contributed by atoms with Crippen molar-refractivity contribution in [1.82, 2.24) is 5.32 Å². The number of alkyl halides is 1. The number of aliphatic hydroxyl groups excluding tert-OH is 1. The van der Waals surface area contributed by atoms with Gasteiger partial charge in [0.2, 0.25) is 5.91 Å². The molecule has 0 aromatic heterocycles. The van der Waals surface area contributed by atoms with Gasteiger partial charge in [-0.3, -0.25) is 4.79 Å². The summed E-state index contributed by atoms with van der Waals surface area (Å²) in [5, 5.41) is 12.4. The maximum absolute atomic E-state index is 12.8. The molecule has 0 aromatic rings. The summed E-state index contributed by atoms with van der Waals surface area (Å²) in [4.78, 5) is 11.8. The van der Waals surface area contributed by atoms with Gasteiger partial charge in [-0.2, -0.15) is 0 Å². The van der Waals surface area contributed by atoms with E-state index < -0.39 is 18.2 Å². The summed E-state index contributed by atoms with van der Waals surface area (Å²) in [5.74, 6) is -0.192. The predicted molar refractivity (Wildman–Crippen MR) is 54.0 cm³/mol. The van der Waals surface area contributed by atoms with Crippen LogP contribution in [0.2, 0.25) is 0 Å². The Morgan fingerprint density at radius 1 is 1.40 bits per heavy atom. The highest BCUT2D eigenvalue weighted by Gasteiger charge is 2.45. The standard InChI is InChI=1S/C11H18FNO2/c12-7-11(5-2-6-11)10(15)13-8-3-1-4-9(8)14/h8-9,14H,1-7H2,(H,13,15)/t8-,9-/m1/s1. The SMILES string of the molecule is O=C(N[C@@H]1CCC[C@H]1O)C1(CF)CCC1. The molecule has 3 nitrogen and oxygen atoms in total. The Hall–Kier alpha value is -0.640. The summed E-state index contributed by atoms with van der Waals surface area (Å²) >= 11 is 0. The van der Waals surface area contributed by atoms with Gasteiger partial charge >= 0.3 is 0 Å². The van der Waals surface area contributed by atoms with Crippen molar-refractivity contribution in [2.75, 3.05) is 6.67 Å². The normalized spacial score (nSPS) is 33.5. The molecule has 2 rings (SSSR count). The molecule has 0 heterocycles. The van der Waals surface area contributed by atoms with Crippen molar-refractivity contribution < 1.29 is 14.3 Å². The predicted octanol–water partition coefficient (Wildman–Crippen LogP) is 1.16. The summed E-state index contributed by atoms with van der Waals surface area (Å²) in [5.41, 5.74) is -0.762. The summed E-state index contributed by atoms with van der Waals surface area (Å²) in [6, 6.07) is -0.151. The summed E-state index contributed by atoms with van der Waals surface area (Å²) < 4.78 is 12.8. The molecule has 2 aliphatic carbocycles. The van der Waals surface area contributed by atoms with Crippen molar-refractivity contribution in [2.24, 2.45) is 5.41 Å². The van der Waals surface area contributed by atoms with Crippen molar-refractivity contribution in [1.29, 1.82) is 0 Å². The van der Waals surface area contributed by atoms with Crippen molar-refractivity contribution >= 4 is 5.91 Å². The van der Waals surface area contributed by atoms with Gasteiger partial charge < -0.3 is 10.4 Å². The van der Waals surface area contributed by atoms with Crippen LogP contribution < -0.4 is 5.32 Å². The zero-order chi connectivity index (χ0) is 10.9. The highest BCUT2D eigenvalue weighted by Crippen LogP contribution is 2.41. The molecule has 0 spiro atoms. The third-order valence-corrected chi connectivity index (χ3v) is 3.84. The monoisotopic (exact) mass is 215 g/mol. The first-order valence-corrected chi connectivity index (χ1v) is 5.73. The van der Waals surface area contributed by atoms with E-state index in [1.807, 2.05) is 0 Å². The van der Waals surface area contributed by atoms with E-state index in [0.29, 0.717) is 12.8 Å². The molecule has 0 radical (unpaired) electrons. The number of carbonyl (C=O) groups is 1. The van der Waals surface area contributed by atoms with Crippen LogP contribution in [-0.4, -0.2) is 29.8 Å². The molecule has 2 N–H and O–H groups in total. The number of aliphatic hydroxyl groups is 1. The first-order chi connectivity index (χ1) is 7.18. The molecule has 2 fully saturated rings. The lowest BCUT2D eigenvalue weighted by Gasteiger charge is -2.38. The number of rotatable bonds is 3. The van der Waals surface area contributed by atoms with E-state index in [1.165, 1.54) is 0 Å². The van der Waals surface area contributed by atoms with E-state index in [9.17, 15) is 14.3 Å². The Bertz CT molecular complexity index is 247. The number of nitrogens with one attached hydrogen (secondary N) is 1. The van der Waals surface area contributed by atoms with Gasteiger partial charge in [-0.25, -0.2) is 4.39 Å². The van der Waals surface area contributed by atoms with E-state index in [-0.39, 0.29) is 11.9 Å². The van der Waals surface area contributed by atoms with Crippen LogP contribution in [0.4, 0.5) is 4.39 Å².